The maximum absolute atomic E-state index is 13.3. The normalized spacial score (nSPS) is 16.2. The monoisotopic (exact) mass is 1700 g/mol. The predicted octanol–water partition coefficient (Wildman–Crippen LogP) is 24.5. The molecule has 0 spiro atoms. The van der Waals surface area contributed by atoms with Crippen molar-refractivity contribution < 1.29 is 56.0 Å². The number of rotatable bonds is 12. The summed E-state index contributed by atoms with van der Waals surface area (Å²) in [6.45, 7) is 12.9. The molecule has 8 heterocycles. The van der Waals surface area contributed by atoms with E-state index in [1.165, 1.54) is 34.4 Å². The minimum atomic E-state index is -4.42. The number of aromatic amines is 4. The minimum Gasteiger partial charge on any atom is -0.497 e. The molecule has 117 heavy (non-hydrogen) atoms. The summed E-state index contributed by atoms with van der Waals surface area (Å²) in [6.07, 6.45) is -2.47. The second-order valence-electron chi connectivity index (χ2n) is 29.3. The topological polar surface area (TPSA) is 191 Å². The number of aryl methyl sites for hydroxylation is 1. The van der Waals surface area contributed by atoms with Crippen LogP contribution in [0.2, 0.25) is 25.1 Å². The van der Waals surface area contributed by atoms with E-state index >= 15 is 0 Å². The van der Waals surface area contributed by atoms with E-state index in [2.05, 4.69) is 58.0 Å². The Morgan fingerprint density at radius 2 is 0.795 bits per heavy atom. The lowest BCUT2D eigenvalue weighted by atomic mass is 9.91. The SMILES string of the molecule is CC(C)c1ccc(C2c3[nH]c4ccc(Cl)cc4c3CCN2C(=O)OCCCl)cc1.CCCOC(=O)N1CCc2c([nH]c3ccc(Cl)cc23)C1c1ccc(C(F)(F)F)cc1.CCOC(=O)N1CCc2c([nH]c3ccc(Cl)cc23)C1c1cccc(Cl)c1.COc1ccc(C2c3[nH]c4ccc(Cl)cc4c3CCN2C(=O)Oc2ccc(C)cc2)cc1. The Morgan fingerprint density at radius 1 is 0.436 bits per heavy atom. The summed E-state index contributed by atoms with van der Waals surface area (Å²) in [4.78, 5) is 72.2. The highest BCUT2D eigenvalue weighted by molar-refractivity contribution is 6.32. The van der Waals surface area contributed by atoms with Gasteiger partial charge in [-0.1, -0.05) is 157 Å². The maximum Gasteiger partial charge on any atom is 0.416 e. The lowest BCUT2D eigenvalue weighted by molar-refractivity contribution is -0.137. The van der Waals surface area contributed by atoms with Crippen molar-refractivity contribution in [2.45, 2.75) is 103 Å². The van der Waals surface area contributed by atoms with Crippen LogP contribution in [0.15, 0.2) is 194 Å². The number of nitrogens with zero attached hydrogens (tertiary/aromatic N) is 4. The molecule has 4 aromatic heterocycles. The van der Waals surface area contributed by atoms with E-state index in [0.717, 1.165) is 125 Å². The molecule has 0 saturated heterocycles. The van der Waals surface area contributed by atoms with Crippen LogP contribution < -0.4 is 9.47 Å². The average Bonchev–Trinajstić information content (AvgIpc) is 1.65. The van der Waals surface area contributed by atoms with Crippen LogP contribution in [0.4, 0.5) is 32.3 Å². The zero-order chi connectivity index (χ0) is 82.5. The van der Waals surface area contributed by atoms with Crippen molar-refractivity contribution >= 4 is 138 Å². The van der Waals surface area contributed by atoms with Crippen LogP contribution in [0.3, 0.4) is 0 Å². The van der Waals surface area contributed by atoms with Gasteiger partial charge in [-0.3, -0.25) is 19.6 Å². The number of ether oxygens (including phenoxy) is 5. The maximum atomic E-state index is 13.3. The Kier molecular flexibility index (Phi) is 25.7. The molecule has 0 radical (unpaired) electrons. The lowest BCUT2D eigenvalue weighted by Gasteiger charge is -2.35. The molecule has 17 nitrogen and oxygen atoms in total. The summed E-state index contributed by atoms with van der Waals surface area (Å²) < 4.78 is 66.1. The molecule has 0 bridgehead atoms. The number of H-pyrrole nitrogens is 4. The molecule has 26 heteroatoms. The van der Waals surface area contributed by atoms with Gasteiger partial charge in [0.25, 0.3) is 0 Å². The number of nitrogens with one attached hydrogen (secondary N) is 4. The third kappa shape index (κ3) is 18.0. The minimum absolute atomic E-state index is 0.199. The van der Waals surface area contributed by atoms with Gasteiger partial charge in [0.1, 0.15) is 42.3 Å². The van der Waals surface area contributed by atoms with E-state index in [4.69, 9.17) is 93.3 Å². The molecule has 13 aromatic rings. The summed E-state index contributed by atoms with van der Waals surface area (Å²) in [6, 6.07) is 57.9. The Bertz CT molecular complexity index is 5780. The van der Waals surface area contributed by atoms with E-state index < -0.39 is 23.9 Å². The summed E-state index contributed by atoms with van der Waals surface area (Å²) in [7, 11) is 1.64. The third-order valence-electron chi connectivity index (χ3n) is 21.6. The number of amides is 4. The first-order valence-electron chi connectivity index (χ1n) is 38.7. The molecule has 4 atom stereocenters. The summed E-state index contributed by atoms with van der Waals surface area (Å²) in [5.74, 6) is 2.03. The van der Waals surface area contributed by atoms with Gasteiger partial charge in [-0.05, 0) is 223 Å². The van der Waals surface area contributed by atoms with Gasteiger partial charge in [0.15, 0.2) is 0 Å². The van der Waals surface area contributed by atoms with Gasteiger partial charge in [-0.2, -0.15) is 13.2 Å². The first-order valence-corrected chi connectivity index (χ1v) is 41.1. The highest BCUT2D eigenvalue weighted by Gasteiger charge is 2.41. The van der Waals surface area contributed by atoms with Gasteiger partial charge in [0.05, 0.1) is 31.8 Å². The summed E-state index contributed by atoms with van der Waals surface area (Å²) >= 11 is 36.8. The first kappa shape index (κ1) is 83.1. The van der Waals surface area contributed by atoms with Gasteiger partial charge in [-0.25, -0.2) is 19.2 Å². The second-order valence-corrected chi connectivity index (χ2v) is 31.8. The van der Waals surface area contributed by atoms with Crippen LogP contribution in [0, 0.1) is 6.92 Å². The highest BCUT2D eigenvalue weighted by atomic mass is 35.5. The van der Waals surface area contributed by atoms with E-state index in [9.17, 15) is 32.3 Å². The quantitative estimate of drug-likeness (QED) is 0.0681. The number of fused-ring (bicyclic) bond motifs is 12. The Morgan fingerprint density at radius 3 is 1.16 bits per heavy atom. The number of hydrogen-bond acceptors (Lipinski definition) is 9. The van der Waals surface area contributed by atoms with Gasteiger partial charge in [0, 0.05) is 118 Å². The van der Waals surface area contributed by atoms with Crippen molar-refractivity contribution in [1.82, 2.24) is 39.5 Å². The molecular weight excluding hydrogens is 1620 g/mol. The van der Waals surface area contributed by atoms with E-state index in [-0.39, 0.29) is 55.5 Å². The molecule has 17 rings (SSSR count). The van der Waals surface area contributed by atoms with Gasteiger partial charge < -0.3 is 43.6 Å². The third-order valence-corrected chi connectivity index (χ3v) is 22.9. The smallest absolute Gasteiger partial charge is 0.416 e. The zero-order valence-corrected chi connectivity index (χ0v) is 69.5. The van der Waals surface area contributed by atoms with Gasteiger partial charge in [-0.15, -0.1) is 11.6 Å². The van der Waals surface area contributed by atoms with Gasteiger partial charge >= 0.3 is 30.5 Å². The van der Waals surface area contributed by atoms with Crippen LogP contribution in [-0.2, 0) is 46.1 Å². The number of methoxy groups -OCH3 is 1. The van der Waals surface area contributed by atoms with Crippen LogP contribution in [0.5, 0.6) is 11.5 Å². The van der Waals surface area contributed by atoms with Crippen molar-refractivity contribution in [1.29, 1.82) is 0 Å². The molecule has 0 saturated carbocycles. The van der Waals surface area contributed by atoms with Crippen molar-refractivity contribution in [3.05, 3.63) is 303 Å². The zero-order valence-electron chi connectivity index (χ0n) is 64.9. The summed E-state index contributed by atoms with van der Waals surface area (Å²) in [5.41, 5.74) is 17.5. The van der Waals surface area contributed by atoms with E-state index in [0.29, 0.717) is 94.4 Å². The van der Waals surface area contributed by atoms with Crippen molar-refractivity contribution in [3.8, 4) is 11.5 Å². The van der Waals surface area contributed by atoms with Crippen molar-refractivity contribution in [2.75, 3.05) is 59.0 Å². The lowest BCUT2D eigenvalue weighted by Crippen LogP contribution is -2.42. The fourth-order valence-electron chi connectivity index (χ4n) is 16.0. The average molecular weight is 1700 g/mol. The molecule has 0 fully saturated rings. The van der Waals surface area contributed by atoms with Crippen molar-refractivity contribution in [3.63, 3.8) is 0 Å². The number of carbonyl (C=O) groups is 4. The standard InChI is InChI=1S/C26H23ClN2O3.C23H24Cl2N2O2.C22H20ClF3N2O2.C20H18Cl2N2O2/c1-16-3-8-20(9-4-16)32-26(30)29-14-13-21-22-15-18(27)7-12-23(22)28-24(21)25(29)17-5-10-19(31-2)11-6-17;1-14(2)15-3-5-16(6-4-15)22-21-18(9-11-27(22)23(28)29-12-10-24)19-13-17(25)7-8-20(19)26-21;1-2-11-30-21(29)28-10-9-16-17-12-15(23)7-8-18(17)27-19(16)20(28)13-3-5-14(6-4-13)22(24,25)26;1-2-26-20(25)24-9-8-15-16-11-14(22)6-7-17(16)23-18(15)19(24)12-4-3-5-13(21)10-12/h3-12,15,25,28H,13-14H2,1-2H3;3-8,13-14,22,26H,9-12H2,1-2H3;3-8,12,20,27H,2,9-11H2,1H3;3-7,10-11,19,23H,2,8-9H2,1H3. The van der Waals surface area contributed by atoms with Crippen molar-refractivity contribution in [2.24, 2.45) is 0 Å². The molecule has 4 amide bonds. The fraction of sp³-hybridized carbons (Fsp3) is 0.275. The molecule has 0 aliphatic carbocycles. The number of aromatic nitrogens is 4. The first-order chi connectivity index (χ1) is 56.4. The molecule has 4 aliphatic heterocycles. The van der Waals surface area contributed by atoms with Crippen LogP contribution in [0.1, 0.15) is 148 Å². The summed E-state index contributed by atoms with van der Waals surface area (Å²) in [5, 5.41) is 7.61. The highest BCUT2D eigenvalue weighted by Crippen LogP contribution is 2.46. The van der Waals surface area contributed by atoms with Crippen LogP contribution >= 0.6 is 69.6 Å². The number of halogens is 9. The second kappa shape index (κ2) is 36.2. The predicted molar refractivity (Wildman–Crippen MR) is 457 cm³/mol. The molecule has 4 unspecified atom stereocenters. The molecule has 9 aromatic carbocycles. The van der Waals surface area contributed by atoms with Gasteiger partial charge in [0.2, 0.25) is 0 Å². The van der Waals surface area contributed by atoms with Crippen LogP contribution in [0.25, 0.3) is 43.6 Å². The number of alkyl halides is 4. The van der Waals surface area contributed by atoms with Crippen LogP contribution in [-0.4, -0.2) is 123 Å². The largest absolute Gasteiger partial charge is 0.497 e. The molecule has 606 valence electrons. The Balaban J connectivity index is 0.000000129. The number of hydrogen-bond donors (Lipinski definition) is 4. The van der Waals surface area contributed by atoms with E-state index in [1.807, 2.05) is 160 Å². The van der Waals surface area contributed by atoms with E-state index in [1.54, 1.807) is 32.8 Å². The number of carbonyl (C=O) groups excluding carboxylic acids is 4. The molecule has 4 aliphatic rings. The Hall–Kier alpha value is -10.5. The molecular formula is C91H85Cl6F3N8O9. The fourth-order valence-corrected chi connectivity index (χ4v) is 17.0. The Labute approximate surface area is 705 Å². The number of benzene rings is 9. The molecule has 4 N–H and O–H groups in total.